The fraction of sp³-hybridized carbons (Fsp3) is 0.167. The van der Waals surface area contributed by atoms with Crippen LogP contribution in [0.3, 0.4) is 0 Å². The van der Waals surface area contributed by atoms with Crippen molar-refractivity contribution < 1.29 is 4.79 Å². The van der Waals surface area contributed by atoms with Gasteiger partial charge in [-0.15, -0.1) is 10.2 Å². The number of carbonyl (C=O) groups excluding carboxylic acids is 1. The molecule has 0 aliphatic heterocycles. The summed E-state index contributed by atoms with van der Waals surface area (Å²) < 4.78 is 1.70. The minimum Gasteiger partial charge on any atom is -0.325 e. The van der Waals surface area contributed by atoms with Gasteiger partial charge in [0.15, 0.2) is 8.68 Å². The van der Waals surface area contributed by atoms with Crippen LogP contribution in [0.25, 0.3) is 0 Å². The lowest BCUT2D eigenvalue weighted by Gasteiger charge is -2.07. The molecule has 134 valence electrons. The Balaban J connectivity index is 1.47. The van der Waals surface area contributed by atoms with Crippen molar-refractivity contribution in [1.82, 2.24) is 10.2 Å². The zero-order valence-electron chi connectivity index (χ0n) is 13.9. The monoisotopic (exact) mass is 421 g/mol. The molecule has 0 spiro atoms. The molecule has 4 nitrogen and oxygen atoms in total. The topological polar surface area (TPSA) is 54.9 Å². The summed E-state index contributed by atoms with van der Waals surface area (Å²) in [5, 5.41) is 11.9. The number of rotatable bonds is 7. The number of benzene rings is 2. The van der Waals surface area contributed by atoms with E-state index in [2.05, 4.69) is 27.6 Å². The molecule has 0 fully saturated rings. The molecule has 3 rings (SSSR count). The molecule has 1 heterocycles. The van der Waals surface area contributed by atoms with Gasteiger partial charge in [0, 0.05) is 16.5 Å². The van der Waals surface area contributed by atoms with Crippen LogP contribution in [0.1, 0.15) is 11.1 Å². The van der Waals surface area contributed by atoms with E-state index in [-0.39, 0.29) is 5.91 Å². The van der Waals surface area contributed by atoms with E-state index >= 15 is 0 Å². The summed E-state index contributed by atoms with van der Waals surface area (Å²) in [6, 6.07) is 15.6. The first-order valence-electron chi connectivity index (χ1n) is 7.79. The second kappa shape index (κ2) is 9.41. The molecular formula is C18H16ClN3OS3. The van der Waals surface area contributed by atoms with Gasteiger partial charge in [0.1, 0.15) is 0 Å². The first-order valence-corrected chi connectivity index (χ1v) is 11.0. The summed E-state index contributed by atoms with van der Waals surface area (Å²) in [5.41, 5.74) is 2.96. The molecule has 0 aliphatic rings. The van der Waals surface area contributed by atoms with Gasteiger partial charge in [0.25, 0.3) is 0 Å². The lowest BCUT2D eigenvalue weighted by Crippen LogP contribution is -2.14. The summed E-state index contributed by atoms with van der Waals surface area (Å²) in [6.45, 7) is 1.91. The van der Waals surface area contributed by atoms with Crippen molar-refractivity contribution in [2.24, 2.45) is 0 Å². The Labute approximate surface area is 169 Å². The lowest BCUT2D eigenvalue weighted by molar-refractivity contribution is -0.113. The molecule has 0 aliphatic carbocycles. The fourth-order valence-electron chi connectivity index (χ4n) is 2.11. The number of anilines is 1. The summed E-state index contributed by atoms with van der Waals surface area (Å²) >= 11 is 10.5. The van der Waals surface area contributed by atoms with E-state index in [9.17, 15) is 4.79 Å². The maximum absolute atomic E-state index is 12.1. The zero-order chi connectivity index (χ0) is 18.4. The van der Waals surface area contributed by atoms with E-state index < -0.39 is 0 Å². The predicted molar refractivity (Wildman–Crippen MR) is 111 cm³/mol. The normalized spacial score (nSPS) is 10.7. The summed E-state index contributed by atoms with van der Waals surface area (Å²) in [5.74, 6) is 1.07. The molecule has 0 bridgehead atoms. The average Bonchev–Trinajstić information content (AvgIpc) is 3.09. The van der Waals surface area contributed by atoms with Crippen LogP contribution in [-0.2, 0) is 10.5 Å². The molecule has 0 atom stereocenters. The third-order valence-electron chi connectivity index (χ3n) is 3.38. The van der Waals surface area contributed by atoms with Gasteiger partial charge in [-0.05, 0) is 36.2 Å². The minimum atomic E-state index is -0.0749. The molecule has 1 aromatic heterocycles. The van der Waals surface area contributed by atoms with Crippen LogP contribution in [-0.4, -0.2) is 21.9 Å². The van der Waals surface area contributed by atoms with Crippen molar-refractivity contribution in [2.75, 3.05) is 11.1 Å². The van der Waals surface area contributed by atoms with Crippen molar-refractivity contribution in [1.29, 1.82) is 0 Å². The van der Waals surface area contributed by atoms with Crippen LogP contribution in [0.15, 0.2) is 57.2 Å². The molecule has 0 saturated carbocycles. The molecule has 0 unspecified atom stereocenters. The number of carbonyl (C=O) groups is 1. The fourth-order valence-corrected chi connectivity index (χ4v) is 5.12. The van der Waals surface area contributed by atoms with Gasteiger partial charge >= 0.3 is 0 Å². The average molecular weight is 422 g/mol. The highest BCUT2D eigenvalue weighted by Crippen LogP contribution is 2.30. The van der Waals surface area contributed by atoms with Gasteiger partial charge in [-0.2, -0.15) is 0 Å². The molecule has 8 heteroatoms. The van der Waals surface area contributed by atoms with Crippen LogP contribution >= 0.6 is 46.5 Å². The van der Waals surface area contributed by atoms with Gasteiger partial charge in [0.05, 0.1) is 5.75 Å². The SMILES string of the molecule is Cc1cc(Cl)ccc1NC(=O)CSc1nnc(SCc2ccccc2)s1. The van der Waals surface area contributed by atoms with Gasteiger partial charge < -0.3 is 5.32 Å². The van der Waals surface area contributed by atoms with Gasteiger partial charge in [-0.25, -0.2) is 0 Å². The molecule has 1 N–H and O–H groups in total. The molecule has 0 saturated heterocycles. The maximum atomic E-state index is 12.1. The molecule has 3 aromatic rings. The maximum Gasteiger partial charge on any atom is 0.234 e. The summed E-state index contributed by atoms with van der Waals surface area (Å²) in [7, 11) is 0. The number of halogens is 1. The Morgan fingerprint density at radius 1 is 1.12 bits per heavy atom. The van der Waals surface area contributed by atoms with Crippen molar-refractivity contribution in [3.05, 3.63) is 64.7 Å². The summed E-state index contributed by atoms with van der Waals surface area (Å²) in [4.78, 5) is 12.1. The highest BCUT2D eigenvalue weighted by Gasteiger charge is 2.10. The molecular weight excluding hydrogens is 406 g/mol. The van der Waals surface area contributed by atoms with Crippen LogP contribution in [0.2, 0.25) is 5.02 Å². The number of aryl methyl sites for hydroxylation is 1. The van der Waals surface area contributed by atoms with Gasteiger partial charge in [-0.1, -0.05) is 76.8 Å². The van der Waals surface area contributed by atoms with E-state index in [1.807, 2.05) is 37.3 Å². The Bertz CT molecular complexity index is 886. The van der Waals surface area contributed by atoms with Crippen LogP contribution < -0.4 is 5.32 Å². The summed E-state index contributed by atoms with van der Waals surface area (Å²) in [6.07, 6.45) is 0. The zero-order valence-corrected chi connectivity index (χ0v) is 17.1. The number of nitrogens with one attached hydrogen (secondary N) is 1. The third-order valence-corrected chi connectivity index (χ3v) is 6.88. The number of amides is 1. The van der Waals surface area contributed by atoms with Gasteiger partial charge in [0.2, 0.25) is 5.91 Å². The second-order valence-electron chi connectivity index (χ2n) is 5.40. The van der Waals surface area contributed by atoms with E-state index in [1.54, 1.807) is 17.8 Å². The number of nitrogens with zero attached hydrogens (tertiary/aromatic N) is 2. The first kappa shape index (κ1) is 19.2. The standard InChI is InChI=1S/C18H16ClN3OS3/c1-12-9-14(19)7-8-15(12)20-16(23)11-25-18-22-21-17(26-18)24-10-13-5-3-2-4-6-13/h2-9H,10-11H2,1H3,(H,20,23). The van der Waals surface area contributed by atoms with E-state index in [0.29, 0.717) is 10.8 Å². The molecule has 26 heavy (non-hydrogen) atoms. The minimum absolute atomic E-state index is 0.0749. The highest BCUT2D eigenvalue weighted by atomic mass is 35.5. The van der Waals surface area contributed by atoms with Gasteiger partial charge in [-0.3, -0.25) is 4.79 Å². The third kappa shape index (κ3) is 5.74. The number of thioether (sulfide) groups is 2. The lowest BCUT2D eigenvalue weighted by atomic mass is 10.2. The number of hydrogen-bond donors (Lipinski definition) is 1. The Hall–Kier alpha value is -1.54. The number of hydrogen-bond acceptors (Lipinski definition) is 6. The predicted octanol–water partition coefficient (Wildman–Crippen LogP) is 5.52. The second-order valence-corrected chi connectivity index (χ2v) is 9.26. The smallest absolute Gasteiger partial charge is 0.234 e. The van der Waals surface area contributed by atoms with E-state index in [4.69, 9.17) is 11.6 Å². The Morgan fingerprint density at radius 2 is 1.85 bits per heavy atom. The highest BCUT2D eigenvalue weighted by molar-refractivity contribution is 8.03. The molecule has 2 aromatic carbocycles. The van der Waals surface area contributed by atoms with Crippen LogP contribution in [0, 0.1) is 6.92 Å². The number of aromatic nitrogens is 2. The Kier molecular flexibility index (Phi) is 6.96. The van der Waals surface area contributed by atoms with Crippen LogP contribution in [0.4, 0.5) is 5.69 Å². The van der Waals surface area contributed by atoms with E-state index in [0.717, 1.165) is 25.7 Å². The quantitative estimate of drug-likeness (QED) is 0.509. The van der Waals surface area contributed by atoms with Crippen molar-refractivity contribution in [3.63, 3.8) is 0 Å². The molecule has 1 amide bonds. The molecule has 0 radical (unpaired) electrons. The van der Waals surface area contributed by atoms with Crippen molar-refractivity contribution >= 4 is 58.1 Å². The van der Waals surface area contributed by atoms with Crippen molar-refractivity contribution in [2.45, 2.75) is 21.4 Å². The van der Waals surface area contributed by atoms with Crippen LogP contribution in [0.5, 0.6) is 0 Å². The van der Waals surface area contributed by atoms with E-state index in [1.165, 1.54) is 28.7 Å². The van der Waals surface area contributed by atoms with Crippen molar-refractivity contribution in [3.8, 4) is 0 Å². The largest absolute Gasteiger partial charge is 0.325 e. The Morgan fingerprint density at radius 3 is 2.58 bits per heavy atom. The first-order chi connectivity index (χ1) is 12.6.